The molecule has 0 rings (SSSR count). The van der Waals surface area contributed by atoms with Gasteiger partial charge in [0.25, 0.3) is 0 Å². The summed E-state index contributed by atoms with van der Waals surface area (Å²) in [6.07, 6.45) is 0. The highest BCUT2D eigenvalue weighted by Crippen LogP contribution is 1.79. The largest absolute Gasteiger partial charge is 0.462 e. The molecule has 0 unspecified atom stereocenters. The van der Waals surface area contributed by atoms with Crippen LogP contribution < -0.4 is 5.90 Å². The van der Waals surface area contributed by atoms with Gasteiger partial charge in [0.05, 0.1) is 0 Å². The average Bonchev–Trinajstić information content (AvgIpc) is 2.13. The zero-order valence-electron chi connectivity index (χ0n) is 8.94. The summed E-state index contributed by atoms with van der Waals surface area (Å²) in [6.45, 7) is 4.10. The molecule has 0 aromatic carbocycles. The molecule has 0 amide bonds. The first kappa shape index (κ1) is 15.8. The van der Waals surface area contributed by atoms with Gasteiger partial charge in [0, 0.05) is 20.8 Å². The van der Waals surface area contributed by atoms with Crippen molar-refractivity contribution in [1.82, 2.24) is 0 Å². The van der Waals surface area contributed by atoms with Crippen molar-refractivity contribution < 1.29 is 28.7 Å². The van der Waals surface area contributed by atoms with Gasteiger partial charge < -0.3 is 14.3 Å². The maximum absolute atomic E-state index is 10.1. The Bertz CT molecular complexity index is 199. The van der Waals surface area contributed by atoms with Crippen LogP contribution in [0.5, 0.6) is 0 Å². The number of ether oxygens (including phenoxy) is 2. The Morgan fingerprint density at radius 2 is 1.13 bits per heavy atom. The van der Waals surface area contributed by atoms with Gasteiger partial charge in [0.2, 0.25) is 0 Å². The van der Waals surface area contributed by atoms with E-state index in [0.29, 0.717) is 0 Å². The second kappa shape index (κ2) is 10.5. The highest BCUT2D eigenvalue weighted by molar-refractivity contribution is 5.66. The van der Waals surface area contributed by atoms with Gasteiger partial charge in [-0.2, -0.15) is 5.90 Å². The molecule has 0 aliphatic rings. The monoisotopic (exact) mass is 221 g/mol. The summed E-state index contributed by atoms with van der Waals surface area (Å²) in [5.74, 6) is 3.12. The second-order valence-electron chi connectivity index (χ2n) is 2.29. The maximum atomic E-state index is 10.1. The molecule has 0 aliphatic heterocycles. The third-order valence-electron chi connectivity index (χ3n) is 0.860. The van der Waals surface area contributed by atoms with Crippen LogP contribution in [0.4, 0.5) is 0 Å². The van der Waals surface area contributed by atoms with E-state index in [-0.39, 0.29) is 25.2 Å². The lowest BCUT2D eigenvalue weighted by molar-refractivity contribution is -0.149. The standard InChI is InChI=1S/C6H10O4.C2H5NO2/c1-5(7)9-3-4-10-6(2)8;1-2(4)5-3/h3-4H2,1-2H3;3H2,1H3. The molecule has 0 atom stereocenters. The third kappa shape index (κ3) is 24.5. The predicted octanol–water partition coefficient (Wildman–Crippen LogP) is -0.464. The van der Waals surface area contributed by atoms with Gasteiger partial charge in [0.1, 0.15) is 13.2 Å². The number of carbonyl (C=O) groups excluding carboxylic acids is 3. The molecule has 0 radical (unpaired) electrons. The molecule has 0 spiro atoms. The summed E-state index contributed by atoms with van der Waals surface area (Å²) in [6, 6.07) is 0. The molecule has 7 nitrogen and oxygen atoms in total. The minimum absolute atomic E-state index is 0.134. The lowest BCUT2D eigenvalue weighted by Crippen LogP contribution is -2.09. The normalized spacial score (nSPS) is 8.00. The van der Waals surface area contributed by atoms with Gasteiger partial charge in [-0.25, -0.2) is 0 Å². The van der Waals surface area contributed by atoms with Gasteiger partial charge in [-0.05, 0) is 0 Å². The molecule has 0 saturated carbocycles. The van der Waals surface area contributed by atoms with Crippen LogP contribution in [0.2, 0.25) is 0 Å². The number of hydrogen-bond acceptors (Lipinski definition) is 7. The second-order valence-corrected chi connectivity index (χ2v) is 2.29. The molecule has 0 aliphatic carbocycles. The molecular formula is C8H15NO6. The molecular weight excluding hydrogens is 206 g/mol. The molecule has 7 heteroatoms. The van der Waals surface area contributed by atoms with Crippen molar-refractivity contribution in [3.05, 3.63) is 0 Å². The van der Waals surface area contributed by atoms with Gasteiger partial charge in [0.15, 0.2) is 0 Å². The van der Waals surface area contributed by atoms with Crippen LogP contribution in [0.3, 0.4) is 0 Å². The number of esters is 2. The molecule has 0 aromatic heterocycles. The molecule has 0 bridgehead atoms. The zero-order valence-corrected chi connectivity index (χ0v) is 8.94. The van der Waals surface area contributed by atoms with Crippen molar-refractivity contribution in [3.63, 3.8) is 0 Å². The van der Waals surface area contributed by atoms with E-state index in [4.69, 9.17) is 0 Å². The first-order valence-corrected chi connectivity index (χ1v) is 4.04. The van der Waals surface area contributed by atoms with Gasteiger partial charge in [-0.15, -0.1) is 0 Å². The first-order valence-electron chi connectivity index (χ1n) is 4.04. The van der Waals surface area contributed by atoms with Crippen LogP contribution in [0.25, 0.3) is 0 Å². The SMILES string of the molecule is CC(=O)OCCOC(C)=O.CC(=O)ON. The Hall–Kier alpha value is -1.63. The smallest absolute Gasteiger partial charge is 0.321 e. The fraction of sp³-hybridized carbons (Fsp3) is 0.625. The Morgan fingerprint density at radius 3 is 1.27 bits per heavy atom. The topological polar surface area (TPSA) is 105 Å². The van der Waals surface area contributed by atoms with Crippen LogP contribution >= 0.6 is 0 Å². The van der Waals surface area contributed by atoms with E-state index < -0.39 is 5.97 Å². The zero-order chi connectivity index (χ0) is 12.3. The number of hydrogen-bond donors (Lipinski definition) is 1. The van der Waals surface area contributed by atoms with Crippen LogP contribution in [-0.4, -0.2) is 31.1 Å². The third-order valence-corrected chi connectivity index (χ3v) is 0.860. The van der Waals surface area contributed by atoms with Gasteiger partial charge in [-0.3, -0.25) is 14.4 Å². The Balaban J connectivity index is 0. The summed E-state index contributed by atoms with van der Waals surface area (Å²) in [5.41, 5.74) is 0. The van der Waals surface area contributed by atoms with Crippen molar-refractivity contribution in [1.29, 1.82) is 0 Å². The average molecular weight is 221 g/mol. The summed E-state index contributed by atoms with van der Waals surface area (Å²) in [7, 11) is 0. The van der Waals surface area contributed by atoms with Crippen LogP contribution in [-0.2, 0) is 28.7 Å². The first-order chi connectivity index (χ1) is 6.90. The highest BCUT2D eigenvalue weighted by Gasteiger charge is 1.94. The quantitative estimate of drug-likeness (QED) is 0.390. The Kier molecular flexibility index (Phi) is 11.0. The van der Waals surface area contributed by atoms with E-state index in [1.54, 1.807) is 0 Å². The highest BCUT2D eigenvalue weighted by atomic mass is 16.7. The van der Waals surface area contributed by atoms with E-state index in [0.717, 1.165) is 0 Å². The van der Waals surface area contributed by atoms with E-state index in [9.17, 15) is 14.4 Å². The molecule has 0 aromatic rings. The summed E-state index contributed by atoms with van der Waals surface area (Å²) in [5, 5.41) is 0. The number of nitrogens with two attached hydrogens (primary N) is 1. The molecule has 0 saturated heterocycles. The molecule has 2 N–H and O–H groups in total. The molecule has 88 valence electrons. The fourth-order valence-corrected chi connectivity index (χ4v) is 0.371. The van der Waals surface area contributed by atoms with Crippen molar-refractivity contribution >= 4 is 17.9 Å². The predicted molar refractivity (Wildman–Crippen MR) is 49.2 cm³/mol. The van der Waals surface area contributed by atoms with Crippen molar-refractivity contribution in [2.24, 2.45) is 5.90 Å². The van der Waals surface area contributed by atoms with Gasteiger partial charge >= 0.3 is 17.9 Å². The minimum Gasteiger partial charge on any atom is -0.462 e. The van der Waals surface area contributed by atoms with E-state index in [2.05, 4.69) is 20.2 Å². The molecule has 15 heavy (non-hydrogen) atoms. The van der Waals surface area contributed by atoms with Crippen LogP contribution in [0.15, 0.2) is 0 Å². The van der Waals surface area contributed by atoms with E-state index in [1.807, 2.05) is 0 Å². The summed E-state index contributed by atoms with van der Waals surface area (Å²) in [4.78, 5) is 33.3. The summed E-state index contributed by atoms with van der Waals surface area (Å²) >= 11 is 0. The maximum Gasteiger partial charge on any atom is 0.321 e. The van der Waals surface area contributed by atoms with Crippen molar-refractivity contribution in [2.75, 3.05) is 13.2 Å². The lowest BCUT2D eigenvalue weighted by Gasteiger charge is -2.00. The lowest BCUT2D eigenvalue weighted by atomic mass is 10.7. The molecule has 0 heterocycles. The summed E-state index contributed by atoms with van der Waals surface area (Å²) < 4.78 is 8.95. The fourth-order valence-electron chi connectivity index (χ4n) is 0.371. The molecule has 0 fully saturated rings. The van der Waals surface area contributed by atoms with Crippen molar-refractivity contribution in [3.8, 4) is 0 Å². The van der Waals surface area contributed by atoms with Gasteiger partial charge in [-0.1, -0.05) is 0 Å². The van der Waals surface area contributed by atoms with Crippen molar-refractivity contribution in [2.45, 2.75) is 20.8 Å². The Labute approximate surface area is 87.4 Å². The van der Waals surface area contributed by atoms with Crippen LogP contribution in [0, 0.1) is 0 Å². The minimum atomic E-state index is -0.468. The number of carbonyl (C=O) groups is 3. The van der Waals surface area contributed by atoms with E-state index >= 15 is 0 Å². The Morgan fingerprint density at radius 1 is 0.867 bits per heavy atom. The van der Waals surface area contributed by atoms with Crippen LogP contribution in [0.1, 0.15) is 20.8 Å². The van der Waals surface area contributed by atoms with E-state index in [1.165, 1.54) is 20.8 Å². The number of rotatable bonds is 3.